The van der Waals surface area contributed by atoms with E-state index in [0.29, 0.717) is 28.5 Å². The van der Waals surface area contributed by atoms with Crippen LogP contribution in [0.25, 0.3) is 22.3 Å². The third-order valence-corrected chi connectivity index (χ3v) is 7.11. The van der Waals surface area contributed by atoms with Gasteiger partial charge in [0, 0.05) is 17.2 Å². The Balaban J connectivity index is 0.00000109. The number of hydrogen-bond donors (Lipinski definition) is 0. The van der Waals surface area contributed by atoms with Gasteiger partial charge in [0.1, 0.15) is 23.1 Å². The normalized spacial score (nSPS) is 12.2. The first-order chi connectivity index (χ1) is 17.4. The lowest BCUT2D eigenvalue weighted by Crippen LogP contribution is -1.99. The fraction of sp³-hybridized carbons (Fsp3) is 0.400. The Kier molecular flexibility index (Phi) is 11.9. The summed E-state index contributed by atoms with van der Waals surface area (Å²) in [5, 5.41) is 0. The second-order valence-corrected chi connectivity index (χ2v) is 9.76. The fourth-order valence-corrected chi connectivity index (χ4v) is 5.14. The molecule has 196 valence electrons. The van der Waals surface area contributed by atoms with Crippen LogP contribution in [0.3, 0.4) is 0 Å². The summed E-state index contributed by atoms with van der Waals surface area (Å²) in [6.07, 6.45) is 3.76. The van der Waals surface area contributed by atoms with Crippen molar-refractivity contribution in [2.45, 2.75) is 66.2 Å². The van der Waals surface area contributed by atoms with Crippen LogP contribution in [0.1, 0.15) is 70.9 Å². The zero-order valence-corrected chi connectivity index (χ0v) is 25.4. The van der Waals surface area contributed by atoms with Crippen LogP contribution in [0.4, 0.5) is 8.78 Å². The Morgan fingerprint density at radius 2 is 1.22 bits per heavy atom. The second kappa shape index (κ2) is 14.1. The molecule has 4 rings (SSSR count). The van der Waals surface area contributed by atoms with E-state index in [-0.39, 0.29) is 0 Å². The molecule has 0 N–H and O–H groups in total. The molecule has 0 amide bonds. The van der Waals surface area contributed by atoms with Crippen molar-refractivity contribution in [1.29, 1.82) is 0 Å². The molecule has 0 saturated heterocycles. The lowest BCUT2D eigenvalue weighted by atomic mass is 9.90. The molecule has 3 aromatic rings. The SMILES string of the molecule is CC.CC.CCCc1cc(OC)c(Br)cc1-c1cc(-c2cc(Br)c(OC)cc2C2CC2)c(F)cc1F. The maximum Gasteiger partial charge on any atom is 0.133 e. The van der Waals surface area contributed by atoms with E-state index in [9.17, 15) is 0 Å². The van der Waals surface area contributed by atoms with Crippen LogP contribution in [-0.2, 0) is 6.42 Å². The molecule has 0 unspecified atom stereocenters. The van der Waals surface area contributed by atoms with Gasteiger partial charge in [0.15, 0.2) is 0 Å². The molecule has 0 spiro atoms. The third kappa shape index (κ3) is 6.69. The van der Waals surface area contributed by atoms with Crippen molar-refractivity contribution in [3.8, 4) is 33.8 Å². The van der Waals surface area contributed by atoms with Crippen molar-refractivity contribution in [2.75, 3.05) is 14.2 Å². The maximum absolute atomic E-state index is 15.1. The summed E-state index contributed by atoms with van der Waals surface area (Å²) in [4.78, 5) is 0. The molecular weight excluding hydrogens is 590 g/mol. The minimum Gasteiger partial charge on any atom is -0.496 e. The zero-order valence-electron chi connectivity index (χ0n) is 22.2. The van der Waals surface area contributed by atoms with E-state index in [1.54, 1.807) is 20.3 Å². The standard InChI is InChI=1S/C26H24Br2F2O2.2C2H6/c1-4-5-15-8-25(31-2)21(27)10-16(15)19-9-20(24(30)13-23(19)29)18-11-22(28)26(32-3)12-17(18)14-6-7-14;2*1-2/h8-14H,4-7H2,1-3H3;2*1-2H3. The van der Waals surface area contributed by atoms with E-state index >= 15 is 8.78 Å². The average Bonchev–Trinajstić information content (AvgIpc) is 3.73. The third-order valence-electron chi connectivity index (χ3n) is 5.88. The number of methoxy groups -OCH3 is 2. The van der Waals surface area contributed by atoms with Crippen LogP contribution >= 0.6 is 31.9 Å². The van der Waals surface area contributed by atoms with Crippen LogP contribution in [0.2, 0.25) is 0 Å². The molecular formula is C30H36Br2F2O2. The van der Waals surface area contributed by atoms with Gasteiger partial charge in [-0.1, -0.05) is 41.0 Å². The fourth-order valence-electron chi connectivity index (χ4n) is 4.13. The predicted octanol–water partition coefficient (Wildman–Crippen LogP) is 10.7. The molecule has 1 aliphatic rings. The quantitative estimate of drug-likeness (QED) is 0.260. The summed E-state index contributed by atoms with van der Waals surface area (Å²) in [6.45, 7) is 10.1. The molecule has 0 heterocycles. The highest BCUT2D eigenvalue weighted by atomic mass is 79.9. The Morgan fingerprint density at radius 1 is 0.722 bits per heavy atom. The molecule has 1 saturated carbocycles. The van der Waals surface area contributed by atoms with Crippen molar-refractivity contribution >= 4 is 31.9 Å². The summed E-state index contributed by atoms with van der Waals surface area (Å²) in [5.41, 5.74) is 4.26. The lowest BCUT2D eigenvalue weighted by Gasteiger charge is -2.17. The lowest BCUT2D eigenvalue weighted by molar-refractivity contribution is 0.411. The predicted molar refractivity (Wildman–Crippen MR) is 154 cm³/mol. The molecule has 3 aromatic carbocycles. The molecule has 0 aliphatic heterocycles. The first kappa shape index (κ1) is 30.3. The van der Waals surface area contributed by atoms with Gasteiger partial charge in [-0.15, -0.1) is 0 Å². The molecule has 36 heavy (non-hydrogen) atoms. The van der Waals surface area contributed by atoms with Crippen LogP contribution in [0, 0.1) is 11.6 Å². The second-order valence-electron chi connectivity index (χ2n) is 8.05. The van der Waals surface area contributed by atoms with Gasteiger partial charge in [-0.25, -0.2) is 8.78 Å². The van der Waals surface area contributed by atoms with E-state index in [0.717, 1.165) is 62.9 Å². The van der Waals surface area contributed by atoms with Crippen LogP contribution in [0.5, 0.6) is 11.5 Å². The van der Waals surface area contributed by atoms with E-state index in [1.165, 1.54) is 0 Å². The molecule has 1 fully saturated rings. The number of rotatable bonds is 7. The summed E-state index contributed by atoms with van der Waals surface area (Å²) < 4.78 is 42.6. The smallest absolute Gasteiger partial charge is 0.133 e. The van der Waals surface area contributed by atoms with Gasteiger partial charge in [0.05, 0.1) is 23.2 Å². The van der Waals surface area contributed by atoms with Crippen molar-refractivity contribution in [3.05, 3.63) is 68.1 Å². The van der Waals surface area contributed by atoms with E-state index in [2.05, 4.69) is 38.8 Å². The van der Waals surface area contributed by atoms with Gasteiger partial charge in [0.2, 0.25) is 0 Å². The van der Waals surface area contributed by atoms with Crippen LogP contribution < -0.4 is 9.47 Å². The summed E-state index contributed by atoms with van der Waals surface area (Å²) in [7, 11) is 3.22. The minimum absolute atomic E-state index is 0.366. The molecule has 0 atom stereocenters. The van der Waals surface area contributed by atoms with Crippen molar-refractivity contribution in [1.82, 2.24) is 0 Å². The van der Waals surface area contributed by atoms with Crippen LogP contribution in [0.15, 0.2) is 45.3 Å². The number of hydrogen-bond acceptors (Lipinski definition) is 2. The first-order valence-corrected chi connectivity index (χ1v) is 14.2. The monoisotopic (exact) mass is 624 g/mol. The topological polar surface area (TPSA) is 18.5 Å². The summed E-state index contributed by atoms with van der Waals surface area (Å²) in [6, 6.07) is 10.3. The summed E-state index contributed by atoms with van der Waals surface area (Å²) in [5.74, 6) is 0.611. The largest absolute Gasteiger partial charge is 0.496 e. The van der Waals surface area contributed by atoms with Gasteiger partial charge in [-0.3, -0.25) is 0 Å². The highest BCUT2D eigenvalue weighted by molar-refractivity contribution is 9.11. The molecule has 0 aromatic heterocycles. The van der Waals surface area contributed by atoms with E-state index < -0.39 is 11.6 Å². The average molecular weight is 626 g/mol. The molecule has 2 nitrogen and oxygen atoms in total. The number of ether oxygens (including phenoxy) is 2. The van der Waals surface area contributed by atoms with E-state index in [1.807, 2.05) is 52.0 Å². The molecule has 0 radical (unpaired) electrons. The number of benzene rings is 3. The van der Waals surface area contributed by atoms with Gasteiger partial charge in [-0.05, 0) is 110 Å². The summed E-state index contributed by atoms with van der Waals surface area (Å²) >= 11 is 7.04. The minimum atomic E-state index is -0.582. The Labute approximate surface area is 231 Å². The molecule has 6 heteroatoms. The highest BCUT2D eigenvalue weighted by Gasteiger charge is 2.29. The van der Waals surface area contributed by atoms with Gasteiger partial charge >= 0.3 is 0 Å². The molecule has 0 bridgehead atoms. The number of aryl methyl sites for hydroxylation is 1. The van der Waals surface area contributed by atoms with Crippen LogP contribution in [-0.4, -0.2) is 14.2 Å². The van der Waals surface area contributed by atoms with Crippen molar-refractivity contribution in [2.24, 2.45) is 0 Å². The maximum atomic E-state index is 15.1. The Morgan fingerprint density at radius 3 is 1.72 bits per heavy atom. The van der Waals surface area contributed by atoms with Crippen molar-refractivity contribution in [3.63, 3.8) is 0 Å². The zero-order chi connectivity index (χ0) is 27.0. The van der Waals surface area contributed by atoms with Gasteiger partial charge in [-0.2, -0.15) is 0 Å². The Hall–Kier alpha value is -1.92. The van der Waals surface area contributed by atoms with Gasteiger partial charge < -0.3 is 9.47 Å². The molecule has 1 aliphatic carbocycles. The van der Waals surface area contributed by atoms with Crippen molar-refractivity contribution < 1.29 is 18.3 Å². The highest BCUT2D eigenvalue weighted by Crippen LogP contribution is 2.48. The first-order valence-electron chi connectivity index (χ1n) is 12.6. The number of halogens is 4. The van der Waals surface area contributed by atoms with Gasteiger partial charge in [0.25, 0.3) is 0 Å². The van der Waals surface area contributed by atoms with E-state index in [4.69, 9.17) is 9.47 Å². The Bertz CT molecular complexity index is 1170.